The zero-order valence-electron chi connectivity index (χ0n) is 13.5. The van der Waals surface area contributed by atoms with E-state index in [-0.39, 0.29) is 17.6 Å². The van der Waals surface area contributed by atoms with Crippen LogP contribution >= 0.6 is 35.7 Å². The summed E-state index contributed by atoms with van der Waals surface area (Å²) >= 11 is 4.89. The van der Waals surface area contributed by atoms with Gasteiger partial charge in [0.1, 0.15) is 6.23 Å². The van der Waals surface area contributed by atoms with Crippen molar-refractivity contribution in [1.82, 2.24) is 9.55 Å². The number of aromatic amines is 1. The van der Waals surface area contributed by atoms with E-state index in [1.54, 1.807) is 0 Å². The van der Waals surface area contributed by atoms with E-state index in [0.717, 1.165) is 10.8 Å². The number of aromatic nitrogens is 2. The molecule has 14 nitrogen and oxygen atoms in total. The Kier molecular flexibility index (Phi) is 7.31. The molecule has 0 aromatic carbocycles. The molecule has 0 radical (unpaired) electrons. The third-order valence-electron chi connectivity index (χ3n) is 3.16. The quantitative estimate of drug-likeness (QED) is 0.258. The third kappa shape index (κ3) is 7.02. The van der Waals surface area contributed by atoms with Gasteiger partial charge in [-0.15, -0.1) is 0 Å². The number of hydrogen-bond acceptors (Lipinski definition) is 9. The molecule has 19 heteroatoms. The number of nitrogens with zero attached hydrogens (tertiary/aromatic N) is 1. The lowest BCUT2D eigenvalue weighted by molar-refractivity contribution is -0.0238. The second-order valence-electron chi connectivity index (χ2n) is 5.32. The first-order valence-electron chi connectivity index (χ1n) is 7.12. The molecule has 1 aromatic heterocycles. The molecule has 28 heavy (non-hydrogen) atoms. The fourth-order valence-corrected chi connectivity index (χ4v) is 5.48. The van der Waals surface area contributed by atoms with Crippen molar-refractivity contribution in [2.75, 3.05) is 6.61 Å². The van der Waals surface area contributed by atoms with Crippen LogP contribution in [-0.2, 0) is 31.6 Å². The molecular formula is C9H14FN2O12P3S. The lowest BCUT2D eigenvalue weighted by Crippen LogP contribution is -2.21. The lowest BCUT2D eigenvalue weighted by Gasteiger charge is -2.19. The predicted molar refractivity (Wildman–Crippen MR) is 88.8 cm³/mol. The average molecular weight is 486 g/mol. The fraction of sp³-hybridized carbons (Fsp3) is 0.556. The molecule has 5 N–H and O–H groups in total. The third-order valence-corrected chi connectivity index (χ3v) is 7.27. The molecule has 1 saturated heterocycles. The average Bonchev–Trinajstić information content (AvgIpc) is 2.94. The Morgan fingerprint density at radius 2 is 1.86 bits per heavy atom. The van der Waals surface area contributed by atoms with Crippen LogP contribution in [0.3, 0.4) is 0 Å². The van der Waals surface area contributed by atoms with Gasteiger partial charge in [-0.3, -0.25) is 18.9 Å². The van der Waals surface area contributed by atoms with Gasteiger partial charge >= 0.3 is 23.5 Å². The van der Waals surface area contributed by atoms with E-state index in [1.807, 2.05) is 0 Å². The number of nitrogens with one attached hydrogen (secondary N) is 1. The highest BCUT2D eigenvalue weighted by molar-refractivity contribution is 7.71. The number of hydrogen-bond donors (Lipinski definition) is 5. The molecule has 1 fully saturated rings. The first-order valence-corrected chi connectivity index (χ1v) is 12.1. The van der Waals surface area contributed by atoms with Gasteiger partial charge in [0.2, 0.25) is 5.82 Å². The van der Waals surface area contributed by atoms with E-state index < -0.39 is 53.8 Å². The summed E-state index contributed by atoms with van der Waals surface area (Å²) in [5.41, 5.74) is -1.01. The lowest BCUT2D eigenvalue weighted by atomic mass is 10.2. The van der Waals surface area contributed by atoms with Crippen molar-refractivity contribution in [2.45, 2.75) is 25.2 Å². The molecule has 0 spiro atoms. The van der Waals surface area contributed by atoms with Gasteiger partial charge in [0.05, 0.1) is 18.9 Å². The summed E-state index contributed by atoms with van der Waals surface area (Å²) in [7, 11) is -16.4. The van der Waals surface area contributed by atoms with Crippen LogP contribution in [0.15, 0.2) is 11.0 Å². The molecule has 160 valence electrons. The summed E-state index contributed by atoms with van der Waals surface area (Å²) in [6, 6.07) is 0. The van der Waals surface area contributed by atoms with Crippen molar-refractivity contribution in [2.24, 2.45) is 0 Å². The van der Waals surface area contributed by atoms with Gasteiger partial charge in [0.15, 0.2) is 4.77 Å². The molecule has 1 aliphatic heterocycles. The highest BCUT2D eigenvalue weighted by atomic mass is 32.1. The van der Waals surface area contributed by atoms with Crippen molar-refractivity contribution in [3.05, 3.63) is 27.1 Å². The molecule has 0 aliphatic carbocycles. The zero-order chi connectivity index (χ0) is 21.3. The molecule has 1 aromatic rings. The van der Waals surface area contributed by atoms with Crippen LogP contribution in [0, 0.1) is 10.6 Å². The monoisotopic (exact) mass is 486 g/mol. The molecule has 4 atom stereocenters. The Balaban J connectivity index is 1.95. The van der Waals surface area contributed by atoms with Crippen molar-refractivity contribution >= 4 is 35.7 Å². The molecule has 0 bridgehead atoms. The highest BCUT2D eigenvalue weighted by Gasteiger charge is 2.41. The molecular weight excluding hydrogens is 472 g/mol. The highest BCUT2D eigenvalue weighted by Crippen LogP contribution is 2.66. The SMILES string of the molecule is O=c1[nH]c(=S)n([C@H]2CC[C@@H](COP(=O)(O)OP(=O)(O)OP(=O)(O)O)O2)cc1F. The number of phosphoric ester groups is 1. The summed E-state index contributed by atoms with van der Waals surface area (Å²) in [5.74, 6) is -1.10. The van der Waals surface area contributed by atoms with Crippen molar-refractivity contribution in [1.29, 1.82) is 0 Å². The van der Waals surface area contributed by atoms with E-state index in [9.17, 15) is 27.8 Å². The minimum absolute atomic E-state index is 0.120. The van der Waals surface area contributed by atoms with Crippen LogP contribution in [-0.4, -0.2) is 41.8 Å². The number of rotatable bonds is 8. The number of ether oxygens (including phenoxy) is 1. The molecule has 2 heterocycles. The first-order chi connectivity index (χ1) is 12.7. The largest absolute Gasteiger partial charge is 0.490 e. The summed E-state index contributed by atoms with van der Waals surface area (Å²) in [5, 5.41) is 0. The Labute approximate surface area is 160 Å². The van der Waals surface area contributed by atoms with Crippen LogP contribution in [0.25, 0.3) is 0 Å². The zero-order valence-corrected chi connectivity index (χ0v) is 17.0. The normalized spacial score (nSPS) is 24.6. The Morgan fingerprint density at radius 1 is 1.21 bits per heavy atom. The predicted octanol–water partition coefficient (Wildman–Crippen LogP) is 1.07. The van der Waals surface area contributed by atoms with Crippen LogP contribution in [0.1, 0.15) is 19.1 Å². The molecule has 0 saturated carbocycles. The van der Waals surface area contributed by atoms with Crippen molar-refractivity contribution in [3.63, 3.8) is 0 Å². The minimum Gasteiger partial charge on any atom is -0.352 e. The number of H-pyrrole nitrogens is 1. The Morgan fingerprint density at radius 3 is 2.46 bits per heavy atom. The maximum atomic E-state index is 13.4. The minimum atomic E-state index is -5.61. The fourth-order valence-electron chi connectivity index (χ4n) is 2.17. The topological polar surface area (TPSA) is 207 Å². The first kappa shape index (κ1) is 23.7. The number of halogens is 1. The standard InChI is InChI=1S/C9H14FN2O12P3S/c10-6-3-12(9(28)11-8(6)13)7-2-1-5(22-7)4-21-26(17,18)24-27(19,20)23-25(14,15)16/h3,5,7H,1-2,4H2,(H,17,18)(H,19,20)(H,11,13,28)(H2,14,15,16)/t5-,7+/m0/s1. The second-order valence-corrected chi connectivity index (χ2v) is 10.1. The van der Waals surface area contributed by atoms with Gasteiger partial charge in [0, 0.05) is 0 Å². The smallest absolute Gasteiger partial charge is 0.352 e. The second kappa shape index (κ2) is 8.64. The van der Waals surface area contributed by atoms with E-state index in [0.29, 0.717) is 0 Å². The van der Waals surface area contributed by atoms with Gasteiger partial charge in [0.25, 0.3) is 5.56 Å². The van der Waals surface area contributed by atoms with Crippen molar-refractivity contribution in [3.8, 4) is 0 Å². The molecule has 2 rings (SSSR count). The summed E-state index contributed by atoms with van der Waals surface area (Å²) in [4.78, 5) is 48.5. The van der Waals surface area contributed by atoms with Crippen LogP contribution in [0.4, 0.5) is 4.39 Å². The molecule has 0 amide bonds. The van der Waals surface area contributed by atoms with E-state index in [4.69, 9.17) is 31.6 Å². The van der Waals surface area contributed by atoms with Gasteiger partial charge in [-0.1, -0.05) is 0 Å². The van der Waals surface area contributed by atoms with Crippen LogP contribution < -0.4 is 5.56 Å². The Bertz CT molecular complexity index is 989. The van der Waals surface area contributed by atoms with Gasteiger partial charge in [-0.2, -0.15) is 13.0 Å². The molecule has 1 aliphatic rings. The maximum Gasteiger partial charge on any atom is 0.490 e. The Hall–Kier alpha value is -0.600. The van der Waals surface area contributed by atoms with Crippen molar-refractivity contribution < 1.29 is 55.5 Å². The van der Waals surface area contributed by atoms with E-state index in [2.05, 4.69) is 18.1 Å². The van der Waals surface area contributed by atoms with E-state index in [1.165, 1.54) is 0 Å². The summed E-state index contributed by atoms with van der Waals surface area (Å²) in [6.45, 7) is -0.640. The van der Waals surface area contributed by atoms with Gasteiger partial charge in [-0.25, -0.2) is 13.7 Å². The van der Waals surface area contributed by atoms with E-state index >= 15 is 0 Å². The summed E-state index contributed by atoms with van der Waals surface area (Å²) in [6.07, 6.45) is -0.371. The van der Waals surface area contributed by atoms with Crippen LogP contribution in [0.5, 0.6) is 0 Å². The number of phosphoric acid groups is 3. The van der Waals surface area contributed by atoms with Crippen LogP contribution in [0.2, 0.25) is 0 Å². The van der Waals surface area contributed by atoms with Gasteiger partial charge < -0.3 is 24.3 Å². The van der Waals surface area contributed by atoms with Gasteiger partial charge in [-0.05, 0) is 25.1 Å². The molecule has 2 unspecified atom stereocenters. The maximum absolute atomic E-state index is 13.4. The summed E-state index contributed by atoms with van der Waals surface area (Å²) < 4.78 is 64.8.